The van der Waals surface area contributed by atoms with Crippen LogP contribution in [0, 0.1) is 0 Å². The fraction of sp³-hybridized carbons (Fsp3) is 0.200. The Balaban J connectivity index is 2.13. The van der Waals surface area contributed by atoms with Crippen LogP contribution in [0.5, 0.6) is 0 Å². The molecule has 2 aromatic rings. The third-order valence-corrected chi connectivity index (χ3v) is 2.80. The molecule has 3 heterocycles. The molecule has 1 aliphatic rings. The van der Waals surface area contributed by atoms with Gasteiger partial charge in [-0.25, -0.2) is 4.68 Å². The average Bonchev–Trinajstić information content (AvgIpc) is 2.74. The van der Waals surface area contributed by atoms with E-state index in [0.29, 0.717) is 22.9 Å². The quantitative estimate of drug-likeness (QED) is 0.803. The lowest BCUT2D eigenvalue weighted by atomic mass is 10.1. The molecule has 0 unspecified atom stereocenters. The second kappa shape index (κ2) is 3.81. The third kappa shape index (κ3) is 1.66. The van der Waals surface area contributed by atoms with Crippen molar-refractivity contribution in [2.24, 2.45) is 0 Å². The molecular weight excluding hydrogens is 242 g/mol. The van der Waals surface area contributed by atoms with Gasteiger partial charge in [-0.05, 0) is 0 Å². The van der Waals surface area contributed by atoms with Gasteiger partial charge in [-0.1, -0.05) is 11.6 Å². The van der Waals surface area contributed by atoms with Crippen LogP contribution >= 0.6 is 11.6 Å². The lowest BCUT2D eigenvalue weighted by Gasteiger charge is -2.14. The number of fused-ring (bicyclic) bond motifs is 1. The van der Waals surface area contributed by atoms with Crippen molar-refractivity contribution in [1.82, 2.24) is 25.3 Å². The molecule has 17 heavy (non-hydrogen) atoms. The minimum Gasteiger partial charge on any atom is -0.352 e. The standard InChI is InChI=1S/C10H8ClN5O/c11-9-3-6(4-13-15-9)16-8-1-2-12-10(17)7(8)5-14-16/h3-5H,1-2H2,(H,12,17). The molecule has 86 valence electrons. The van der Waals surface area contributed by atoms with Crippen LogP contribution in [0.15, 0.2) is 18.5 Å². The summed E-state index contributed by atoms with van der Waals surface area (Å²) in [7, 11) is 0. The maximum atomic E-state index is 11.6. The van der Waals surface area contributed by atoms with E-state index < -0.39 is 0 Å². The van der Waals surface area contributed by atoms with Crippen molar-refractivity contribution in [1.29, 1.82) is 0 Å². The molecule has 0 spiro atoms. The number of hydrogen-bond acceptors (Lipinski definition) is 4. The van der Waals surface area contributed by atoms with E-state index in [9.17, 15) is 4.79 Å². The van der Waals surface area contributed by atoms with Gasteiger partial charge < -0.3 is 5.32 Å². The van der Waals surface area contributed by atoms with Crippen molar-refractivity contribution in [2.45, 2.75) is 6.42 Å². The van der Waals surface area contributed by atoms with E-state index in [1.807, 2.05) is 0 Å². The van der Waals surface area contributed by atoms with Gasteiger partial charge in [-0.15, -0.1) is 5.10 Å². The van der Waals surface area contributed by atoms with Crippen molar-refractivity contribution in [3.63, 3.8) is 0 Å². The van der Waals surface area contributed by atoms with Gasteiger partial charge in [0.05, 0.1) is 29.3 Å². The highest BCUT2D eigenvalue weighted by Crippen LogP contribution is 2.18. The van der Waals surface area contributed by atoms with Gasteiger partial charge in [0, 0.05) is 19.0 Å². The van der Waals surface area contributed by atoms with Crippen LogP contribution in [0.4, 0.5) is 0 Å². The number of hydrogen-bond donors (Lipinski definition) is 1. The van der Waals surface area contributed by atoms with Crippen LogP contribution in [-0.2, 0) is 6.42 Å². The molecule has 1 aliphatic heterocycles. The van der Waals surface area contributed by atoms with Crippen molar-refractivity contribution in [3.05, 3.63) is 34.9 Å². The van der Waals surface area contributed by atoms with Gasteiger partial charge in [0.1, 0.15) is 0 Å². The Morgan fingerprint density at radius 1 is 1.41 bits per heavy atom. The van der Waals surface area contributed by atoms with Gasteiger partial charge in [0.2, 0.25) is 0 Å². The number of rotatable bonds is 1. The maximum Gasteiger partial charge on any atom is 0.254 e. The molecule has 0 aliphatic carbocycles. The minimum absolute atomic E-state index is 0.0920. The molecule has 0 bridgehead atoms. The minimum atomic E-state index is -0.0920. The largest absolute Gasteiger partial charge is 0.352 e. The maximum absolute atomic E-state index is 11.6. The summed E-state index contributed by atoms with van der Waals surface area (Å²) in [5.74, 6) is -0.0920. The van der Waals surface area contributed by atoms with E-state index in [2.05, 4.69) is 20.6 Å². The topological polar surface area (TPSA) is 72.7 Å². The zero-order valence-corrected chi connectivity index (χ0v) is 9.48. The summed E-state index contributed by atoms with van der Waals surface area (Å²) in [6.45, 7) is 0.615. The number of nitrogens with zero attached hydrogens (tertiary/aromatic N) is 4. The fourth-order valence-corrected chi connectivity index (χ4v) is 2.02. The molecule has 7 heteroatoms. The predicted molar refractivity (Wildman–Crippen MR) is 60.2 cm³/mol. The average molecular weight is 250 g/mol. The summed E-state index contributed by atoms with van der Waals surface area (Å²) >= 11 is 5.78. The summed E-state index contributed by atoms with van der Waals surface area (Å²) in [6.07, 6.45) is 3.85. The van der Waals surface area contributed by atoms with Crippen LogP contribution in [0.3, 0.4) is 0 Å². The van der Waals surface area contributed by atoms with Gasteiger partial charge in [0.25, 0.3) is 5.91 Å². The molecule has 1 amide bonds. The van der Waals surface area contributed by atoms with E-state index >= 15 is 0 Å². The normalized spacial score (nSPS) is 14.3. The first kappa shape index (κ1) is 10.2. The number of amides is 1. The first-order valence-electron chi connectivity index (χ1n) is 5.09. The van der Waals surface area contributed by atoms with Crippen molar-refractivity contribution in [2.75, 3.05) is 6.54 Å². The highest BCUT2D eigenvalue weighted by molar-refractivity contribution is 6.29. The molecule has 6 nitrogen and oxygen atoms in total. The molecule has 0 saturated carbocycles. The third-order valence-electron chi connectivity index (χ3n) is 2.62. The van der Waals surface area contributed by atoms with E-state index in [-0.39, 0.29) is 5.91 Å². The second-order valence-corrected chi connectivity index (χ2v) is 4.05. The van der Waals surface area contributed by atoms with E-state index in [4.69, 9.17) is 11.6 Å². The molecule has 3 rings (SSSR count). The highest BCUT2D eigenvalue weighted by Gasteiger charge is 2.22. The zero-order chi connectivity index (χ0) is 11.8. The van der Waals surface area contributed by atoms with Crippen molar-refractivity contribution in [3.8, 4) is 5.69 Å². The number of halogens is 1. The Labute approximate surface area is 102 Å². The van der Waals surface area contributed by atoms with E-state index in [1.165, 1.54) is 0 Å². The fourth-order valence-electron chi connectivity index (χ4n) is 1.86. The molecule has 0 aromatic carbocycles. The van der Waals surface area contributed by atoms with Crippen molar-refractivity contribution >= 4 is 17.5 Å². The molecule has 1 N–H and O–H groups in total. The second-order valence-electron chi connectivity index (χ2n) is 3.66. The Morgan fingerprint density at radius 2 is 2.29 bits per heavy atom. The predicted octanol–water partition coefficient (Wildman–Crippen LogP) is 0.602. The van der Waals surface area contributed by atoms with Crippen LogP contribution in [0.1, 0.15) is 16.1 Å². The molecule has 0 fully saturated rings. The van der Waals surface area contributed by atoms with Gasteiger partial charge in [-0.3, -0.25) is 4.79 Å². The van der Waals surface area contributed by atoms with E-state index in [0.717, 1.165) is 12.1 Å². The summed E-state index contributed by atoms with van der Waals surface area (Å²) < 4.78 is 1.68. The first-order valence-corrected chi connectivity index (χ1v) is 5.47. The number of aromatic nitrogens is 4. The zero-order valence-electron chi connectivity index (χ0n) is 8.72. The number of nitrogens with one attached hydrogen (secondary N) is 1. The monoisotopic (exact) mass is 249 g/mol. The molecule has 0 radical (unpaired) electrons. The van der Waals surface area contributed by atoms with Gasteiger partial charge in [-0.2, -0.15) is 10.2 Å². The Kier molecular flexibility index (Phi) is 2.29. The number of carbonyl (C=O) groups is 1. The summed E-state index contributed by atoms with van der Waals surface area (Å²) in [5.41, 5.74) is 2.18. The smallest absolute Gasteiger partial charge is 0.254 e. The Morgan fingerprint density at radius 3 is 3.12 bits per heavy atom. The van der Waals surface area contributed by atoms with Crippen molar-refractivity contribution < 1.29 is 4.79 Å². The van der Waals surface area contributed by atoms with Crippen LogP contribution in [0.2, 0.25) is 5.15 Å². The van der Waals surface area contributed by atoms with Gasteiger partial charge in [0.15, 0.2) is 5.15 Å². The summed E-state index contributed by atoms with van der Waals surface area (Å²) in [5, 5.41) is 14.7. The Hall–Kier alpha value is -1.95. The van der Waals surface area contributed by atoms with Crippen LogP contribution < -0.4 is 5.32 Å². The summed E-state index contributed by atoms with van der Waals surface area (Å²) in [4.78, 5) is 11.6. The summed E-state index contributed by atoms with van der Waals surface area (Å²) in [6, 6.07) is 1.66. The van der Waals surface area contributed by atoms with Crippen LogP contribution in [0.25, 0.3) is 5.69 Å². The first-order chi connectivity index (χ1) is 8.25. The number of carbonyl (C=O) groups excluding carboxylic acids is 1. The van der Waals surface area contributed by atoms with Gasteiger partial charge >= 0.3 is 0 Å². The SMILES string of the molecule is O=C1NCCc2c1cnn2-c1cnnc(Cl)c1. The van der Waals surface area contributed by atoms with Crippen LogP contribution in [-0.4, -0.2) is 32.4 Å². The molecular formula is C10H8ClN5O. The Bertz CT molecular complexity index is 594. The lowest BCUT2D eigenvalue weighted by molar-refractivity contribution is 0.0945. The molecule has 0 atom stereocenters. The van der Waals surface area contributed by atoms with E-state index in [1.54, 1.807) is 23.1 Å². The molecule has 2 aromatic heterocycles. The lowest BCUT2D eigenvalue weighted by Crippen LogP contribution is -2.32. The highest BCUT2D eigenvalue weighted by atomic mass is 35.5. The molecule has 0 saturated heterocycles.